The molecule has 0 heterocycles. The Bertz CT molecular complexity index is 941. The Labute approximate surface area is 160 Å². The predicted molar refractivity (Wildman–Crippen MR) is 94.9 cm³/mol. The first-order valence-corrected chi connectivity index (χ1v) is 9.74. The number of hydrogen-bond donors (Lipinski definition) is 2. The molecule has 28 heavy (non-hydrogen) atoms. The number of ketones is 1. The highest BCUT2D eigenvalue weighted by Gasteiger charge is 2.45. The lowest BCUT2D eigenvalue weighted by molar-refractivity contribution is -0.125. The zero-order valence-corrected chi connectivity index (χ0v) is 15.9. The van der Waals surface area contributed by atoms with Gasteiger partial charge in [0.15, 0.2) is 11.6 Å². The molecule has 2 aromatic rings. The average molecular weight is 412 g/mol. The molecule has 1 fully saturated rings. The lowest BCUT2D eigenvalue weighted by Crippen LogP contribution is -2.06. The number of ether oxygens (including phenoxy) is 2. The van der Waals surface area contributed by atoms with E-state index in [2.05, 4.69) is 9.56 Å². The second-order valence-electron chi connectivity index (χ2n) is 6.22. The van der Waals surface area contributed by atoms with Gasteiger partial charge in [-0.3, -0.25) is 4.79 Å². The zero-order valence-electron chi connectivity index (χ0n) is 15.0. The molecule has 2 aromatic carbocycles. The molecular weight excluding hydrogens is 394 g/mol. The van der Waals surface area contributed by atoms with E-state index < -0.39 is 19.4 Å². The van der Waals surface area contributed by atoms with Gasteiger partial charge in [-0.15, -0.1) is 0 Å². The molecule has 0 spiro atoms. The highest BCUT2D eigenvalue weighted by molar-refractivity contribution is 7.46. The fourth-order valence-electron chi connectivity index (χ4n) is 2.96. The maximum absolute atomic E-state index is 13.8. The Balaban J connectivity index is 1.78. The van der Waals surface area contributed by atoms with Crippen LogP contribution in [0, 0.1) is 11.7 Å². The minimum Gasteiger partial charge on any atom is -0.497 e. The number of rotatable bonds is 8. The summed E-state index contributed by atoms with van der Waals surface area (Å²) >= 11 is 0. The first-order chi connectivity index (χ1) is 13.2. The molecule has 2 atom stereocenters. The Morgan fingerprint density at radius 1 is 1.11 bits per heavy atom. The van der Waals surface area contributed by atoms with Crippen LogP contribution in [-0.4, -0.2) is 29.8 Å². The third-order valence-electron chi connectivity index (χ3n) is 4.41. The first kappa shape index (κ1) is 20.3. The number of methoxy groups -OCH3 is 2. The van der Waals surface area contributed by atoms with E-state index >= 15 is 0 Å². The summed E-state index contributed by atoms with van der Waals surface area (Å²) in [5, 5.41) is 0. The van der Waals surface area contributed by atoms with Crippen molar-refractivity contribution in [3.05, 3.63) is 53.3 Å². The topological polar surface area (TPSA) is 112 Å². The molecule has 0 saturated heterocycles. The van der Waals surface area contributed by atoms with Gasteiger partial charge in [-0.2, -0.15) is 0 Å². The SMILES string of the molecule is COc1ccc(OC)c(C(=O)C2CC2c2ccc(F)c(OOP(=O)(O)O)c2)c1. The van der Waals surface area contributed by atoms with E-state index in [1.54, 1.807) is 18.2 Å². The van der Waals surface area contributed by atoms with Gasteiger partial charge in [0.05, 0.1) is 19.8 Å². The van der Waals surface area contributed by atoms with Crippen molar-refractivity contribution in [3.8, 4) is 17.2 Å². The second-order valence-corrected chi connectivity index (χ2v) is 7.35. The molecule has 1 saturated carbocycles. The molecule has 2 unspecified atom stereocenters. The fraction of sp³-hybridized carbons (Fsp3) is 0.278. The molecule has 0 aromatic heterocycles. The molecule has 1 aliphatic carbocycles. The highest BCUT2D eigenvalue weighted by Crippen LogP contribution is 2.51. The molecule has 150 valence electrons. The normalized spacial score (nSPS) is 18.5. The van der Waals surface area contributed by atoms with Gasteiger partial charge < -0.3 is 24.1 Å². The van der Waals surface area contributed by atoms with Crippen molar-refractivity contribution in [1.29, 1.82) is 0 Å². The van der Waals surface area contributed by atoms with Crippen LogP contribution in [-0.2, 0) is 9.24 Å². The molecule has 3 rings (SSSR count). The molecule has 0 bridgehead atoms. The minimum absolute atomic E-state index is 0.140. The number of carbonyl (C=O) groups is 1. The van der Waals surface area contributed by atoms with Gasteiger partial charge in [-0.25, -0.2) is 8.96 Å². The number of phosphoric acid groups is 1. The molecule has 2 N–H and O–H groups in total. The molecule has 10 heteroatoms. The highest BCUT2D eigenvalue weighted by atomic mass is 31.2. The number of hydrogen-bond acceptors (Lipinski definition) is 6. The standard InChI is InChI=1S/C18H18FO8P/c1-24-11-4-6-16(25-2)14(8-11)18(20)13-9-12(13)10-3-5-15(19)17(7-10)26-27-28(21,22)23/h3-8,12-13H,9H2,1-2H3,(H2,21,22,23). The summed E-state index contributed by atoms with van der Waals surface area (Å²) in [5.41, 5.74) is 0.976. The van der Waals surface area contributed by atoms with Gasteiger partial charge >= 0.3 is 7.82 Å². The van der Waals surface area contributed by atoms with E-state index in [-0.39, 0.29) is 17.6 Å². The van der Waals surface area contributed by atoms with Crippen LogP contribution in [0.2, 0.25) is 0 Å². The number of carbonyl (C=O) groups excluding carboxylic acids is 1. The van der Waals surface area contributed by atoms with Crippen molar-refractivity contribution < 1.29 is 42.6 Å². The van der Waals surface area contributed by atoms with E-state index in [0.29, 0.717) is 29.0 Å². The summed E-state index contributed by atoms with van der Waals surface area (Å²) < 4.78 is 38.8. The number of halogens is 1. The fourth-order valence-corrected chi connectivity index (χ4v) is 3.14. The van der Waals surface area contributed by atoms with E-state index in [1.165, 1.54) is 26.4 Å². The molecule has 1 aliphatic rings. The van der Waals surface area contributed by atoms with Gasteiger partial charge in [0.1, 0.15) is 11.5 Å². The number of benzene rings is 2. The molecular formula is C18H18FO8P. The summed E-state index contributed by atoms with van der Waals surface area (Å²) in [6.07, 6.45) is 0.531. The third kappa shape index (κ3) is 4.51. The lowest BCUT2D eigenvalue weighted by atomic mass is 10.0. The van der Waals surface area contributed by atoms with E-state index in [4.69, 9.17) is 19.3 Å². The van der Waals surface area contributed by atoms with Crippen LogP contribution < -0.4 is 14.4 Å². The molecule has 8 nitrogen and oxygen atoms in total. The van der Waals surface area contributed by atoms with Gasteiger partial charge in [0.25, 0.3) is 0 Å². The first-order valence-electron chi connectivity index (χ1n) is 8.21. The van der Waals surface area contributed by atoms with Crippen LogP contribution in [0.3, 0.4) is 0 Å². The van der Waals surface area contributed by atoms with Crippen LogP contribution in [0.15, 0.2) is 36.4 Å². The largest absolute Gasteiger partial charge is 0.505 e. The molecule has 0 amide bonds. The van der Waals surface area contributed by atoms with Gasteiger partial charge in [0, 0.05) is 5.92 Å². The van der Waals surface area contributed by atoms with Crippen molar-refractivity contribution in [1.82, 2.24) is 0 Å². The maximum Gasteiger partial charge on any atom is 0.505 e. The van der Waals surface area contributed by atoms with E-state index in [9.17, 15) is 13.8 Å². The van der Waals surface area contributed by atoms with Gasteiger partial charge in [-0.05, 0) is 48.2 Å². The summed E-state index contributed by atoms with van der Waals surface area (Å²) in [4.78, 5) is 34.6. The lowest BCUT2D eigenvalue weighted by Gasteiger charge is -2.10. The van der Waals surface area contributed by atoms with Crippen molar-refractivity contribution in [2.75, 3.05) is 14.2 Å². The Morgan fingerprint density at radius 2 is 1.86 bits per heavy atom. The van der Waals surface area contributed by atoms with Crippen molar-refractivity contribution >= 4 is 13.6 Å². The predicted octanol–water partition coefficient (Wildman–Crippen LogP) is 3.23. The van der Waals surface area contributed by atoms with Crippen LogP contribution >= 0.6 is 7.82 Å². The monoisotopic (exact) mass is 412 g/mol. The zero-order chi connectivity index (χ0) is 20.5. The van der Waals surface area contributed by atoms with Gasteiger partial charge in [0.2, 0.25) is 5.75 Å². The van der Waals surface area contributed by atoms with Crippen molar-refractivity contribution in [2.45, 2.75) is 12.3 Å². The van der Waals surface area contributed by atoms with Gasteiger partial charge in [-0.1, -0.05) is 10.7 Å². The number of Topliss-reactive ketones (excluding diaryl/α,β-unsaturated/α-hetero) is 1. The van der Waals surface area contributed by atoms with Crippen molar-refractivity contribution in [2.24, 2.45) is 5.92 Å². The quantitative estimate of drug-likeness (QED) is 0.294. The Morgan fingerprint density at radius 3 is 2.50 bits per heavy atom. The van der Waals surface area contributed by atoms with Crippen LogP contribution in [0.1, 0.15) is 28.3 Å². The molecule has 0 radical (unpaired) electrons. The maximum atomic E-state index is 13.8. The Hall–Kier alpha value is -2.45. The van der Waals surface area contributed by atoms with Crippen LogP contribution in [0.5, 0.6) is 17.2 Å². The second kappa shape index (κ2) is 7.89. The summed E-state index contributed by atoms with van der Waals surface area (Å²) in [7, 11) is -1.97. The van der Waals surface area contributed by atoms with Crippen LogP contribution in [0.4, 0.5) is 4.39 Å². The average Bonchev–Trinajstić information content (AvgIpc) is 3.46. The van der Waals surface area contributed by atoms with E-state index in [0.717, 1.165) is 6.07 Å². The molecule has 0 aliphatic heterocycles. The summed E-state index contributed by atoms with van der Waals surface area (Å²) in [5.74, 6) is -1.06. The smallest absolute Gasteiger partial charge is 0.497 e. The summed E-state index contributed by atoms with van der Waals surface area (Å²) in [6.45, 7) is 0. The minimum atomic E-state index is -4.93. The third-order valence-corrected chi connectivity index (χ3v) is 4.68. The van der Waals surface area contributed by atoms with Crippen LogP contribution in [0.25, 0.3) is 0 Å². The Kier molecular flexibility index (Phi) is 5.71. The van der Waals surface area contributed by atoms with E-state index in [1.807, 2.05) is 0 Å². The van der Waals surface area contributed by atoms with Crippen molar-refractivity contribution in [3.63, 3.8) is 0 Å². The summed E-state index contributed by atoms with van der Waals surface area (Å²) in [6, 6.07) is 8.76.